The summed E-state index contributed by atoms with van der Waals surface area (Å²) >= 11 is 1.84. The van der Waals surface area contributed by atoms with Crippen LogP contribution >= 0.6 is 11.8 Å². The van der Waals surface area contributed by atoms with Crippen molar-refractivity contribution in [2.24, 2.45) is 0 Å². The van der Waals surface area contributed by atoms with Crippen LogP contribution in [0.15, 0.2) is 24.5 Å². The number of aromatic hydroxyl groups is 2. The Balaban J connectivity index is 1.69. The number of thioether (sulfide) groups is 1. The Morgan fingerprint density at radius 1 is 1.19 bits per heavy atom. The van der Waals surface area contributed by atoms with E-state index in [0.29, 0.717) is 22.8 Å². The molecule has 142 valence electrons. The highest BCUT2D eigenvalue weighted by molar-refractivity contribution is 7.99. The van der Waals surface area contributed by atoms with Crippen molar-refractivity contribution in [2.45, 2.75) is 25.0 Å². The molecule has 27 heavy (non-hydrogen) atoms. The van der Waals surface area contributed by atoms with E-state index >= 15 is 0 Å². The monoisotopic (exact) mass is 389 g/mol. The molecule has 8 heteroatoms. The average molecular weight is 389 g/mol. The lowest BCUT2D eigenvalue weighted by molar-refractivity contribution is -0.0852. The first-order chi connectivity index (χ1) is 13.0. The smallest absolute Gasteiger partial charge is 0.253 e. The summed E-state index contributed by atoms with van der Waals surface area (Å²) in [5.74, 6) is 1.59. The van der Waals surface area contributed by atoms with E-state index in [-0.39, 0.29) is 29.3 Å². The second kappa shape index (κ2) is 6.84. The van der Waals surface area contributed by atoms with E-state index < -0.39 is 5.79 Å². The lowest BCUT2D eigenvalue weighted by Gasteiger charge is -2.31. The molecule has 0 bridgehead atoms. The van der Waals surface area contributed by atoms with Crippen molar-refractivity contribution in [3.05, 3.63) is 35.7 Å². The number of carbonyl (C=O) groups excluding carboxylic acids is 1. The van der Waals surface area contributed by atoms with Crippen LogP contribution in [0.1, 0.15) is 28.8 Å². The second-order valence-corrected chi connectivity index (χ2v) is 7.68. The van der Waals surface area contributed by atoms with Crippen LogP contribution in [0.25, 0.3) is 0 Å². The first-order valence-electron chi connectivity index (χ1n) is 8.58. The fraction of sp³-hybridized carbons (Fsp3) is 0.368. The summed E-state index contributed by atoms with van der Waals surface area (Å²) in [6, 6.07) is 3.29. The molecule has 2 aliphatic heterocycles. The van der Waals surface area contributed by atoms with Gasteiger partial charge in [-0.05, 0) is 12.1 Å². The minimum Gasteiger partial charge on any atom is -0.506 e. The molecule has 1 aromatic carbocycles. The maximum atomic E-state index is 12.9. The van der Waals surface area contributed by atoms with Crippen molar-refractivity contribution in [3.63, 3.8) is 0 Å². The number of hydrogen-bond acceptors (Lipinski definition) is 8. The van der Waals surface area contributed by atoms with Crippen LogP contribution < -0.4 is 14.2 Å². The molecule has 2 N–H and O–H groups in total. The molecule has 1 spiro atoms. The van der Waals surface area contributed by atoms with Crippen LogP contribution in [0.4, 0.5) is 0 Å². The van der Waals surface area contributed by atoms with E-state index in [4.69, 9.17) is 14.2 Å². The second-order valence-electron chi connectivity index (χ2n) is 6.46. The van der Waals surface area contributed by atoms with E-state index in [1.165, 1.54) is 19.5 Å². The summed E-state index contributed by atoms with van der Waals surface area (Å²) < 4.78 is 17.7. The molecule has 3 heterocycles. The number of hydrogen-bond donors (Lipinski definition) is 2. The van der Waals surface area contributed by atoms with Gasteiger partial charge < -0.3 is 24.4 Å². The van der Waals surface area contributed by atoms with E-state index in [9.17, 15) is 15.0 Å². The zero-order valence-electron chi connectivity index (χ0n) is 14.7. The summed E-state index contributed by atoms with van der Waals surface area (Å²) in [6.45, 7) is 0. The number of ether oxygens (including phenoxy) is 3. The molecule has 0 saturated carbocycles. The Hall–Kier alpha value is -2.61. The van der Waals surface area contributed by atoms with E-state index in [1.54, 1.807) is 12.1 Å². The van der Waals surface area contributed by atoms with Crippen molar-refractivity contribution in [3.8, 4) is 28.7 Å². The number of Topliss-reactive ketones (excluding diaryl/α,β-unsaturated/α-hetero) is 1. The Morgan fingerprint density at radius 2 is 1.85 bits per heavy atom. The quantitative estimate of drug-likeness (QED) is 0.771. The number of nitrogens with zero attached hydrogens (tertiary/aromatic N) is 1. The first-order valence-corrected chi connectivity index (χ1v) is 9.73. The fourth-order valence-electron chi connectivity index (χ4n) is 3.30. The molecule has 7 nitrogen and oxygen atoms in total. The molecule has 0 aliphatic carbocycles. The molecular formula is C19H19NO6S. The average Bonchev–Trinajstić information content (AvgIpc) is 3.02. The van der Waals surface area contributed by atoms with Gasteiger partial charge in [-0.25, -0.2) is 0 Å². The molecule has 4 rings (SSSR count). The SMILES string of the molecule is COc1ccc(C(=O)Cc2c(O)cncc2O)c2c1OC1(CCSCC1)O2. The molecule has 1 saturated heterocycles. The van der Waals surface area contributed by atoms with Crippen LogP contribution in [0.5, 0.6) is 28.7 Å². The highest BCUT2D eigenvalue weighted by Gasteiger charge is 2.45. The number of benzene rings is 1. The van der Waals surface area contributed by atoms with E-state index in [0.717, 1.165) is 24.3 Å². The molecule has 1 fully saturated rings. The Labute approximate surface area is 160 Å². The zero-order valence-corrected chi connectivity index (χ0v) is 15.5. The predicted octanol–water partition coefficient (Wildman–Crippen LogP) is 2.92. The minimum atomic E-state index is -0.766. The molecule has 0 unspecified atom stereocenters. The molecule has 0 amide bonds. The van der Waals surface area contributed by atoms with Crippen molar-refractivity contribution >= 4 is 17.5 Å². The van der Waals surface area contributed by atoms with Gasteiger partial charge in [0.05, 0.1) is 25.1 Å². The third-order valence-electron chi connectivity index (χ3n) is 4.78. The number of carbonyl (C=O) groups is 1. The highest BCUT2D eigenvalue weighted by Crippen LogP contribution is 2.51. The molecule has 0 atom stereocenters. The first kappa shape index (κ1) is 17.8. The van der Waals surface area contributed by atoms with Crippen LogP contribution in [-0.2, 0) is 6.42 Å². The standard InChI is InChI=1S/C19H19NO6S/c1-24-16-3-2-11(13(21)8-12-14(22)9-20-10-15(12)23)17-18(16)26-19(25-17)4-6-27-7-5-19/h2-3,9-10,22-23H,4-8H2,1H3. The normalized spacial score (nSPS) is 17.1. The molecule has 1 aromatic heterocycles. The van der Waals surface area contributed by atoms with Gasteiger partial charge in [-0.3, -0.25) is 9.78 Å². The number of ketones is 1. The molecular weight excluding hydrogens is 370 g/mol. The van der Waals surface area contributed by atoms with Gasteiger partial charge in [0, 0.05) is 36.3 Å². The lowest BCUT2D eigenvalue weighted by Crippen LogP contribution is -2.42. The summed E-state index contributed by atoms with van der Waals surface area (Å²) in [6.07, 6.45) is 3.62. The van der Waals surface area contributed by atoms with Crippen molar-refractivity contribution < 1.29 is 29.2 Å². The largest absolute Gasteiger partial charge is 0.506 e. The van der Waals surface area contributed by atoms with Gasteiger partial charge in [-0.1, -0.05) is 0 Å². The third-order valence-corrected chi connectivity index (χ3v) is 5.76. The van der Waals surface area contributed by atoms with Gasteiger partial charge in [0.2, 0.25) is 5.75 Å². The van der Waals surface area contributed by atoms with Gasteiger partial charge >= 0.3 is 0 Å². The number of fused-ring (bicyclic) bond motifs is 1. The number of pyridine rings is 1. The van der Waals surface area contributed by atoms with Gasteiger partial charge in [0.25, 0.3) is 5.79 Å². The van der Waals surface area contributed by atoms with Crippen molar-refractivity contribution in [2.75, 3.05) is 18.6 Å². The van der Waals surface area contributed by atoms with Gasteiger partial charge in [-0.15, -0.1) is 0 Å². The minimum absolute atomic E-state index is 0.127. The Kier molecular flexibility index (Phi) is 4.51. The maximum Gasteiger partial charge on any atom is 0.253 e. The van der Waals surface area contributed by atoms with Gasteiger partial charge in [-0.2, -0.15) is 11.8 Å². The lowest BCUT2D eigenvalue weighted by atomic mass is 10.0. The van der Waals surface area contributed by atoms with Crippen LogP contribution in [0.2, 0.25) is 0 Å². The predicted molar refractivity (Wildman–Crippen MR) is 99.1 cm³/mol. The summed E-state index contributed by atoms with van der Waals surface area (Å²) in [7, 11) is 1.54. The summed E-state index contributed by atoms with van der Waals surface area (Å²) in [5.41, 5.74) is 0.457. The topological polar surface area (TPSA) is 98.1 Å². The molecule has 0 radical (unpaired) electrons. The summed E-state index contributed by atoms with van der Waals surface area (Å²) in [4.78, 5) is 16.6. The van der Waals surface area contributed by atoms with Crippen LogP contribution in [0.3, 0.4) is 0 Å². The number of methoxy groups -OCH3 is 1. The summed E-state index contributed by atoms with van der Waals surface area (Å²) in [5, 5.41) is 19.8. The van der Waals surface area contributed by atoms with E-state index in [2.05, 4.69) is 4.98 Å². The number of rotatable bonds is 4. The Morgan fingerprint density at radius 3 is 2.52 bits per heavy atom. The van der Waals surface area contributed by atoms with Gasteiger partial charge in [0.15, 0.2) is 17.3 Å². The molecule has 2 aliphatic rings. The van der Waals surface area contributed by atoms with Crippen molar-refractivity contribution in [1.82, 2.24) is 4.98 Å². The third kappa shape index (κ3) is 3.14. The van der Waals surface area contributed by atoms with Crippen LogP contribution in [-0.4, -0.2) is 45.4 Å². The fourth-order valence-corrected chi connectivity index (χ4v) is 4.42. The van der Waals surface area contributed by atoms with Gasteiger partial charge in [0.1, 0.15) is 11.5 Å². The maximum absolute atomic E-state index is 12.9. The number of aromatic nitrogens is 1. The highest BCUT2D eigenvalue weighted by atomic mass is 32.2. The van der Waals surface area contributed by atoms with Crippen molar-refractivity contribution in [1.29, 1.82) is 0 Å². The van der Waals surface area contributed by atoms with E-state index in [1.807, 2.05) is 11.8 Å². The Bertz CT molecular complexity index is 874. The van der Waals surface area contributed by atoms with Crippen LogP contribution in [0, 0.1) is 0 Å². The zero-order chi connectivity index (χ0) is 19.0. The molecule has 2 aromatic rings.